The van der Waals surface area contributed by atoms with Crippen LogP contribution in [0.3, 0.4) is 0 Å². The molecule has 3 N–H and O–H groups in total. The Hall–Kier alpha value is -1.85. The first-order valence-electron chi connectivity index (χ1n) is 8.45. The van der Waals surface area contributed by atoms with Crippen molar-refractivity contribution in [3.05, 3.63) is 33.1 Å². The van der Waals surface area contributed by atoms with Gasteiger partial charge in [-0.3, -0.25) is 23.7 Å². The normalized spacial score (nSPS) is 15.8. The Morgan fingerprint density at radius 1 is 1.39 bits per heavy atom. The van der Waals surface area contributed by atoms with Crippen molar-refractivity contribution in [2.75, 3.05) is 19.8 Å². The zero-order valence-corrected chi connectivity index (χ0v) is 16.7. The molecule has 1 aromatic heterocycles. The molecule has 0 saturated heterocycles. The van der Waals surface area contributed by atoms with Crippen LogP contribution in [0.2, 0.25) is 0 Å². The molecule has 0 fully saturated rings. The number of aromatic nitrogens is 2. The first-order valence-corrected chi connectivity index (χ1v) is 9.76. The standard InChI is InChI=1S/C15H25FN3O8P/c1-9(2)26-14(22)7-17-28(24)25-8-11(10(3)20)27-13(6-16)19-5-4-12(21)18-15(19)23/h4-5,9-11,13,20,28H,6-8H2,1-3H3,(H,17,24)(H,18,21,23)/t10-,11+,13+/m0/s1. The summed E-state index contributed by atoms with van der Waals surface area (Å²) in [6, 6.07) is 1.01. The average Bonchev–Trinajstić information content (AvgIpc) is 2.60. The third kappa shape index (κ3) is 8.44. The lowest BCUT2D eigenvalue weighted by Crippen LogP contribution is -2.39. The topological polar surface area (TPSA) is 149 Å². The van der Waals surface area contributed by atoms with Gasteiger partial charge >= 0.3 is 11.7 Å². The maximum atomic E-state index is 13.3. The Kier molecular flexibility index (Phi) is 10.3. The predicted molar refractivity (Wildman–Crippen MR) is 97.1 cm³/mol. The summed E-state index contributed by atoms with van der Waals surface area (Å²) in [5.74, 6) is -0.616. The Balaban J connectivity index is 2.64. The van der Waals surface area contributed by atoms with Crippen LogP contribution in [0.1, 0.15) is 27.0 Å². The van der Waals surface area contributed by atoms with Crippen molar-refractivity contribution in [1.82, 2.24) is 14.6 Å². The Morgan fingerprint density at radius 2 is 2.07 bits per heavy atom. The van der Waals surface area contributed by atoms with Crippen LogP contribution in [-0.2, 0) is 23.4 Å². The number of rotatable bonds is 12. The van der Waals surface area contributed by atoms with Crippen LogP contribution >= 0.6 is 8.18 Å². The van der Waals surface area contributed by atoms with Gasteiger partial charge in [-0.05, 0) is 20.8 Å². The molecule has 0 aliphatic heterocycles. The predicted octanol–water partition coefficient (Wildman–Crippen LogP) is -0.282. The van der Waals surface area contributed by atoms with E-state index < -0.39 is 57.1 Å². The molecule has 0 aromatic carbocycles. The largest absolute Gasteiger partial charge is 0.462 e. The number of carbonyl (C=O) groups is 1. The van der Waals surface area contributed by atoms with E-state index in [1.807, 2.05) is 4.98 Å². The number of alkyl halides is 1. The van der Waals surface area contributed by atoms with Gasteiger partial charge in [-0.15, -0.1) is 0 Å². The molecule has 28 heavy (non-hydrogen) atoms. The summed E-state index contributed by atoms with van der Waals surface area (Å²) < 4.78 is 41.2. The smallest absolute Gasteiger partial charge is 0.330 e. The number of nitrogens with one attached hydrogen (secondary N) is 2. The van der Waals surface area contributed by atoms with Gasteiger partial charge in [0.25, 0.3) is 13.7 Å². The van der Waals surface area contributed by atoms with Gasteiger partial charge in [0, 0.05) is 12.3 Å². The van der Waals surface area contributed by atoms with Gasteiger partial charge in [0.1, 0.15) is 19.3 Å². The molecule has 1 rings (SSSR count). The molecule has 0 spiro atoms. The first-order chi connectivity index (χ1) is 13.1. The maximum absolute atomic E-state index is 13.3. The molecule has 4 atom stereocenters. The fourth-order valence-corrected chi connectivity index (χ4v) is 2.69. The van der Waals surface area contributed by atoms with Crippen molar-refractivity contribution in [3.8, 4) is 0 Å². The molecule has 0 aliphatic rings. The summed E-state index contributed by atoms with van der Waals surface area (Å²) in [5, 5.41) is 12.1. The Labute approximate surface area is 160 Å². The van der Waals surface area contributed by atoms with Crippen molar-refractivity contribution in [3.63, 3.8) is 0 Å². The van der Waals surface area contributed by atoms with Crippen LogP contribution in [0.4, 0.5) is 4.39 Å². The van der Waals surface area contributed by atoms with E-state index in [0.717, 1.165) is 16.8 Å². The van der Waals surface area contributed by atoms with Gasteiger partial charge in [-0.1, -0.05) is 0 Å². The molecule has 0 amide bonds. The van der Waals surface area contributed by atoms with Gasteiger partial charge in [-0.25, -0.2) is 14.3 Å². The summed E-state index contributed by atoms with van der Waals surface area (Å²) in [6.07, 6.45) is -3.01. The van der Waals surface area contributed by atoms with Crippen LogP contribution < -0.4 is 16.3 Å². The Bertz CT molecular complexity index is 766. The number of carbonyl (C=O) groups excluding carboxylic acids is 1. The fourth-order valence-electron chi connectivity index (χ4n) is 1.98. The van der Waals surface area contributed by atoms with E-state index in [4.69, 9.17) is 14.0 Å². The summed E-state index contributed by atoms with van der Waals surface area (Å²) >= 11 is 0. The van der Waals surface area contributed by atoms with Gasteiger partial charge in [0.15, 0.2) is 6.23 Å². The molecule has 1 aromatic rings. The van der Waals surface area contributed by atoms with Gasteiger partial charge in [0.05, 0.1) is 18.8 Å². The van der Waals surface area contributed by atoms with Crippen molar-refractivity contribution in [2.24, 2.45) is 0 Å². The Morgan fingerprint density at radius 3 is 2.61 bits per heavy atom. The van der Waals surface area contributed by atoms with Crippen LogP contribution in [-0.4, -0.2) is 58.8 Å². The number of H-pyrrole nitrogens is 1. The number of halogens is 1. The summed E-state index contributed by atoms with van der Waals surface area (Å²) in [4.78, 5) is 36.2. The van der Waals surface area contributed by atoms with Crippen LogP contribution in [0, 0.1) is 0 Å². The highest BCUT2D eigenvalue weighted by Crippen LogP contribution is 2.20. The lowest BCUT2D eigenvalue weighted by molar-refractivity contribution is -0.145. The highest BCUT2D eigenvalue weighted by molar-refractivity contribution is 7.36. The third-order valence-corrected chi connectivity index (χ3v) is 4.18. The number of ether oxygens (including phenoxy) is 2. The minimum atomic E-state index is -2.87. The lowest BCUT2D eigenvalue weighted by atomic mass is 10.2. The SMILES string of the molecule is CC(C)OC(=O)CN[PH](=O)OC[C@@H](O[C@H](CF)n1ccc(=O)[nH]c1=O)[C@H](C)O. The monoisotopic (exact) mass is 425 g/mol. The molecule has 13 heteroatoms. The third-order valence-electron chi connectivity index (χ3n) is 3.29. The zero-order valence-electron chi connectivity index (χ0n) is 15.7. The van der Waals surface area contributed by atoms with Crippen molar-refractivity contribution >= 4 is 14.1 Å². The van der Waals surface area contributed by atoms with E-state index in [0.29, 0.717) is 0 Å². The highest BCUT2D eigenvalue weighted by atomic mass is 31.1. The van der Waals surface area contributed by atoms with E-state index in [1.165, 1.54) is 6.92 Å². The van der Waals surface area contributed by atoms with Gasteiger partial charge < -0.3 is 19.1 Å². The molecule has 1 heterocycles. The van der Waals surface area contributed by atoms with Crippen LogP contribution in [0.5, 0.6) is 0 Å². The molecule has 11 nitrogen and oxygen atoms in total. The lowest BCUT2D eigenvalue weighted by Gasteiger charge is -2.26. The molecular weight excluding hydrogens is 400 g/mol. The molecule has 1 unspecified atom stereocenters. The second-order valence-corrected chi connectivity index (χ2v) is 7.25. The minimum absolute atomic E-state index is 0.320. The molecule has 0 bridgehead atoms. The molecule has 0 radical (unpaired) electrons. The van der Waals surface area contributed by atoms with Crippen LogP contribution in [0.25, 0.3) is 0 Å². The van der Waals surface area contributed by atoms with E-state index >= 15 is 0 Å². The van der Waals surface area contributed by atoms with E-state index in [1.54, 1.807) is 13.8 Å². The number of hydrogen-bond acceptors (Lipinski definition) is 8. The average molecular weight is 425 g/mol. The van der Waals surface area contributed by atoms with Crippen molar-refractivity contribution in [1.29, 1.82) is 0 Å². The molecule has 0 aliphatic carbocycles. The summed E-state index contributed by atoms with van der Waals surface area (Å²) in [6.45, 7) is 2.79. The first kappa shape index (κ1) is 24.2. The quantitative estimate of drug-likeness (QED) is 0.304. The number of aromatic amines is 1. The summed E-state index contributed by atoms with van der Waals surface area (Å²) in [5.41, 5.74) is -1.55. The second kappa shape index (κ2) is 11.9. The van der Waals surface area contributed by atoms with Crippen LogP contribution in [0.15, 0.2) is 21.9 Å². The second-order valence-electron chi connectivity index (χ2n) is 6.03. The maximum Gasteiger partial charge on any atom is 0.330 e. The number of nitrogens with zero attached hydrogens (tertiary/aromatic N) is 1. The van der Waals surface area contributed by atoms with Crippen molar-refractivity contribution in [2.45, 2.75) is 45.3 Å². The number of hydrogen-bond donors (Lipinski definition) is 3. The number of aliphatic hydroxyl groups excluding tert-OH is 1. The van der Waals surface area contributed by atoms with Gasteiger partial charge in [0.2, 0.25) is 0 Å². The van der Waals surface area contributed by atoms with E-state index in [9.17, 15) is 28.4 Å². The minimum Gasteiger partial charge on any atom is -0.462 e. The van der Waals surface area contributed by atoms with E-state index in [-0.39, 0.29) is 12.6 Å². The highest BCUT2D eigenvalue weighted by Gasteiger charge is 2.24. The fraction of sp³-hybridized carbons (Fsp3) is 0.667. The number of aliphatic hydroxyl groups is 1. The zero-order chi connectivity index (χ0) is 21.3. The van der Waals surface area contributed by atoms with E-state index in [2.05, 4.69) is 5.09 Å². The number of esters is 1. The molecular formula is C15H25FN3O8P. The van der Waals surface area contributed by atoms with Crippen molar-refractivity contribution < 1.29 is 32.9 Å². The molecule has 0 saturated carbocycles. The molecule has 160 valence electrons. The summed E-state index contributed by atoms with van der Waals surface area (Å²) in [7, 11) is -2.87. The van der Waals surface area contributed by atoms with Gasteiger partial charge in [-0.2, -0.15) is 0 Å².